The van der Waals surface area contributed by atoms with Gasteiger partial charge >= 0.3 is 6.18 Å². The molecule has 28 heavy (non-hydrogen) atoms. The van der Waals surface area contributed by atoms with Crippen LogP contribution in [0.2, 0.25) is 0 Å². The fourth-order valence-electron chi connectivity index (χ4n) is 4.07. The smallest absolute Gasteiger partial charge is 0.392 e. The molecule has 1 unspecified atom stereocenters. The predicted molar refractivity (Wildman–Crippen MR) is 99.6 cm³/mol. The fourth-order valence-corrected chi connectivity index (χ4v) is 4.07. The number of para-hydroxylation sites is 1. The Morgan fingerprint density at radius 3 is 2.57 bits per heavy atom. The predicted octanol–water partition coefficient (Wildman–Crippen LogP) is 6.46. The van der Waals surface area contributed by atoms with Gasteiger partial charge in [0.2, 0.25) is 5.88 Å². The average molecular weight is 385 g/mol. The number of fused-ring (bicyclic) bond motifs is 2. The van der Waals surface area contributed by atoms with Crippen molar-refractivity contribution in [2.24, 2.45) is 5.92 Å². The lowest BCUT2D eigenvalue weighted by Crippen LogP contribution is -2.29. The lowest BCUT2D eigenvalue weighted by atomic mass is 9.87. The van der Waals surface area contributed by atoms with Crippen molar-refractivity contribution < 1.29 is 22.0 Å². The summed E-state index contributed by atoms with van der Waals surface area (Å²) in [6.07, 6.45) is -3.76. The Morgan fingerprint density at radius 1 is 1.04 bits per heavy atom. The van der Waals surface area contributed by atoms with Crippen LogP contribution in [0.1, 0.15) is 23.4 Å². The highest BCUT2D eigenvalue weighted by atomic mass is 19.4. The molecule has 3 nitrogen and oxygen atoms in total. The van der Waals surface area contributed by atoms with Crippen LogP contribution in [-0.2, 0) is 12.8 Å². The number of hydrogen-bond donors (Lipinski definition) is 0. The highest BCUT2D eigenvalue weighted by molar-refractivity contribution is 5.82. The number of halogens is 3. The number of alkyl halides is 3. The third-order valence-corrected chi connectivity index (χ3v) is 5.48. The van der Waals surface area contributed by atoms with Crippen LogP contribution in [0, 0.1) is 12.8 Å². The lowest BCUT2D eigenvalue weighted by Gasteiger charge is -2.25. The van der Waals surface area contributed by atoms with Gasteiger partial charge in [-0.2, -0.15) is 13.2 Å². The molecule has 3 aromatic heterocycles. The van der Waals surface area contributed by atoms with Crippen molar-refractivity contribution in [1.82, 2.24) is 4.57 Å². The molecule has 3 heterocycles. The van der Waals surface area contributed by atoms with Gasteiger partial charge in [0.15, 0.2) is 5.76 Å². The first-order valence-corrected chi connectivity index (χ1v) is 9.26. The van der Waals surface area contributed by atoms with Crippen LogP contribution < -0.4 is 0 Å². The largest absolute Gasteiger partial charge is 0.455 e. The molecule has 0 aliphatic heterocycles. The van der Waals surface area contributed by atoms with E-state index < -0.39 is 12.1 Å². The van der Waals surface area contributed by atoms with Crippen molar-refractivity contribution in [2.75, 3.05) is 0 Å². The third-order valence-electron chi connectivity index (χ3n) is 5.48. The molecular formula is C22H18F3NO2. The monoisotopic (exact) mass is 385 g/mol. The molecule has 6 heteroatoms. The van der Waals surface area contributed by atoms with Gasteiger partial charge < -0.3 is 8.83 Å². The number of furan rings is 2. The van der Waals surface area contributed by atoms with Crippen LogP contribution in [0.3, 0.4) is 0 Å². The van der Waals surface area contributed by atoms with Crippen molar-refractivity contribution in [1.29, 1.82) is 0 Å². The first-order valence-electron chi connectivity index (χ1n) is 9.26. The zero-order chi connectivity index (χ0) is 19.5. The number of benzene rings is 1. The zero-order valence-corrected chi connectivity index (χ0v) is 15.2. The molecule has 0 spiro atoms. The van der Waals surface area contributed by atoms with Crippen LogP contribution >= 0.6 is 0 Å². The highest BCUT2D eigenvalue weighted by Gasteiger charge is 2.42. The number of aryl methyl sites for hydroxylation is 2. The molecule has 0 N–H and O–H groups in total. The minimum absolute atomic E-state index is 0.0567. The molecule has 0 fully saturated rings. The van der Waals surface area contributed by atoms with Crippen molar-refractivity contribution in [3.63, 3.8) is 0 Å². The Hall–Kier alpha value is -2.89. The summed E-state index contributed by atoms with van der Waals surface area (Å²) in [4.78, 5) is 0. The molecule has 144 valence electrons. The van der Waals surface area contributed by atoms with Crippen LogP contribution in [0.15, 0.2) is 57.4 Å². The van der Waals surface area contributed by atoms with E-state index >= 15 is 0 Å². The van der Waals surface area contributed by atoms with Gasteiger partial charge in [-0.25, -0.2) is 0 Å². The molecule has 0 bridgehead atoms. The van der Waals surface area contributed by atoms with Gasteiger partial charge in [-0.1, -0.05) is 18.2 Å². The second-order valence-corrected chi connectivity index (χ2v) is 7.35. The van der Waals surface area contributed by atoms with Crippen LogP contribution in [0.25, 0.3) is 28.3 Å². The minimum atomic E-state index is -4.20. The van der Waals surface area contributed by atoms with E-state index in [4.69, 9.17) is 8.83 Å². The SMILES string of the molecule is Cc1ccc(-n2c(-c3cc4ccccc4o3)cc3c2CC(C(F)(F)F)CC3)o1. The molecule has 0 radical (unpaired) electrons. The number of nitrogens with zero attached hydrogens (tertiary/aromatic N) is 1. The zero-order valence-electron chi connectivity index (χ0n) is 15.2. The van der Waals surface area contributed by atoms with Gasteiger partial charge in [0.25, 0.3) is 0 Å². The van der Waals surface area contributed by atoms with E-state index in [0.717, 1.165) is 22.2 Å². The summed E-state index contributed by atoms with van der Waals surface area (Å²) in [5, 5.41) is 0.951. The first kappa shape index (κ1) is 17.2. The Bertz CT molecular complexity index is 1130. The Morgan fingerprint density at radius 2 is 1.86 bits per heavy atom. The summed E-state index contributed by atoms with van der Waals surface area (Å²) in [6.45, 7) is 1.82. The van der Waals surface area contributed by atoms with E-state index in [0.29, 0.717) is 29.5 Å². The molecular weight excluding hydrogens is 367 g/mol. The summed E-state index contributed by atoms with van der Waals surface area (Å²) in [5.41, 5.74) is 3.04. The average Bonchev–Trinajstić information content (AvgIpc) is 3.35. The lowest BCUT2D eigenvalue weighted by molar-refractivity contribution is -0.177. The Balaban J connectivity index is 1.70. The molecule has 1 aromatic carbocycles. The Kier molecular flexibility index (Phi) is 3.73. The molecule has 4 aromatic rings. The topological polar surface area (TPSA) is 31.2 Å². The van der Waals surface area contributed by atoms with Gasteiger partial charge in [0.1, 0.15) is 11.3 Å². The second kappa shape index (κ2) is 6.06. The second-order valence-electron chi connectivity index (χ2n) is 7.35. The minimum Gasteiger partial charge on any atom is -0.455 e. The maximum atomic E-state index is 13.4. The summed E-state index contributed by atoms with van der Waals surface area (Å²) < 4.78 is 53.8. The number of rotatable bonds is 2. The first-order chi connectivity index (χ1) is 13.4. The molecule has 1 atom stereocenters. The molecule has 5 rings (SSSR count). The van der Waals surface area contributed by atoms with E-state index in [2.05, 4.69) is 0 Å². The van der Waals surface area contributed by atoms with Crippen LogP contribution in [-0.4, -0.2) is 10.7 Å². The van der Waals surface area contributed by atoms with E-state index in [1.165, 1.54) is 0 Å². The molecule has 1 aliphatic carbocycles. The van der Waals surface area contributed by atoms with Crippen molar-refractivity contribution in [2.45, 2.75) is 32.4 Å². The summed E-state index contributed by atoms with van der Waals surface area (Å²) >= 11 is 0. The number of hydrogen-bond acceptors (Lipinski definition) is 2. The van der Waals surface area contributed by atoms with E-state index in [1.807, 2.05) is 49.4 Å². The number of aromatic nitrogens is 1. The van der Waals surface area contributed by atoms with E-state index in [1.54, 1.807) is 10.6 Å². The highest BCUT2D eigenvalue weighted by Crippen LogP contribution is 2.42. The molecule has 0 saturated carbocycles. The van der Waals surface area contributed by atoms with Crippen LogP contribution in [0.5, 0.6) is 0 Å². The standard InChI is InChI=1S/C22H18F3NO2/c1-13-6-9-21(27-13)26-17-12-16(22(23,24)25)8-7-14(17)10-18(26)20-11-15-4-2-3-5-19(15)28-20/h2-6,9-11,16H,7-8,12H2,1H3. The van der Waals surface area contributed by atoms with Crippen LogP contribution in [0.4, 0.5) is 13.2 Å². The summed E-state index contributed by atoms with van der Waals surface area (Å²) in [7, 11) is 0. The molecule has 0 amide bonds. The van der Waals surface area contributed by atoms with Crippen molar-refractivity contribution in [3.8, 4) is 17.3 Å². The fraction of sp³-hybridized carbons (Fsp3) is 0.273. The van der Waals surface area contributed by atoms with E-state index in [9.17, 15) is 13.2 Å². The normalized spacial score (nSPS) is 17.2. The third kappa shape index (κ3) is 2.75. The van der Waals surface area contributed by atoms with E-state index in [-0.39, 0.29) is 12.8 Å². The summed E-state index contributed by atoms with van der Waals surface area (Å²) in [5.74, 6) is 0.495. The molecule has 1 aliphatic rings. The van der Waals surface area contributed by atoms with Crippen molar-refractivity contribution in [3.05, 3.63) is 65.5 Å². The van der Waals surface area contributed by atoms with Gasteiger partial charge in [-0.3, -0.25) is 4.57 Å². The quantitative estimate of drug-likeness (QED) is 0.397. The van der Waals surface area contributed by atoms with Gasteiger partial charge in [0, 0.05) is 17.1 Å². The Labute approximate surface area is 159 Å². The van der Waals surface area contributed by atoms with Gasteiger partial charge in [-0.05, 0) is 56.0 Å². The summed E-state index contributed by atoms with van der Waals surface area (Å²) in [6, 6.07) is 15.1. The maximum absolute atomic E-state index is 13.4. The molecule has 0 saturated heterocycles. The maximum Gasteiger partial charge on any atom is 0.392 e. The van der Waals surface area contributed by atoms with Gasteiger partial charge in [-0.15, -0.1) is 0 Å². The van der Waals surface area contributed by atoms with Gasteiger partial charge in [0.05, 0.1) is 11.6 Å². The van der Waals surface area contributed by atoms with Crippen molar-refractivity contribution >= 4 is 11.0 Å².